The molecule has 3 heterocycles. The number of nitrogens with one attached hydrogen (secondary N) is 1. The predicted octanol–water partition coefficient (Wildman–Crippen LogP) is 4.39. The molecule has 1 aromatic heterocycles. The number of likely N-dealkylation sites (tertiary alicyclic amines) is 1. The van der Waals surface area contributed by atoms with Crippen LogP contribution in [-0.4, -0.2) is 46.9 Å². The van der Waals surface area contributed by atoms with E-state index in [-0.39, 0.29) is 5.91 Å². The molecule has 4 nitrogen and oxygen atoms in total. The summed E-state index contributed by atoms with van der Waals surface area (Å²) in [6.07, 6.45) is 3.34. The van der Waals surface area contributed by atoms with Gasteiger partial charge in [-0.05, 0) is 55.9 Å². The molecule has 2 aromatic carbocycles. The summed E-state index contributed by atoms with van der Waals surface area (Å²) in [5, 5.41) is 1.39. The van der Waals surface area contributed by atoms with Crippen LogP contribution in [0.5, 0.6) is 0 Å². The lowest BCUT2D eigenvalue weighted by molar-refractivity contribution is 0.0662. The van der Waals surface area contributed by atoms with Gasteiger partial charge in [0.05, 0.1) is 0 Å². The highest BCUT2D eigenvalue weighted by Crippen LogP contribution is 2.29. The molecule has 0 bridgehead atoms. The van der Waals surface area contributed by atoms with E-state index in [4.69, 9.17) is 0 Å². The molecule has 2 aliphatic heterocycles. The molecule has 0 unspecified atom stereocenters. The van der Waals surface area contributed by atoms with Crippen molar-refractivity contribution in [2.45, 2.75) is 32.7 Å². The minimum atomic E-state index is 0.188. The monoisotopic (exact) mass is 387 g/mol. The summed E-state index contributed by atoms with van der Waals surface area (Å²) < 4.78 is 0. The third kappa shape index (κ3) is 3.69. The maximum atomic E-state index is 12.8. The van der Waals surface area contributed by atoms with Gasteiger partial charge < -0.3 is 9.88 Å². The van der Waals surface area contributed by atoms with Crippen molar-refractivity contribution in [1.82, 2.24) is 14.8 Å². The Morgan fingerprint density at radius 3 is 2.72 bits per heavy atom. The van der Waals surface area contributed by atoms with Gasteiger partial charge in [-0.3, -0.25) is 9.69 Å². The summed E-state index contributed by atoms with van der Waals surface area (Å²) >= 11 is 0. The second-order valence-electron chi connectivity index (χ2n) is 8.72. The molecule has 0 saturated carbocycles. The fraction of sp³-hybridized carbons (Fsp3) is 0.400. The third-order valence-electron chi connectivity index (χ3n) is 6.64. The van der Waals surface area contributed by atoms with E-state index < -0.39 is 0 Å². The molecule has 1 N–H and O–H groups in total. The van der Waals surface area contributed by atoms with Gasteiger partial charge in [-0.25, -0.2) is 0 Å². The first kappa shape index (κ1) is 18.4. The van der Waals surface area contributed by atoms with Crippen LogP contribution in [0, 0.1) is 12.8 Å². The Hall–Kier alpha value is -2.59. The molecule has 4 heteroatoms. The van der Waals surface area contributed by atoms with Gasteiger partial charge in [-0.15, -0.1) is 0 Å². The summed E-state index contributed by atoms with van der Waals surface area (Å²) in [6, 6.07) is 16.6. The maximum absolute atomic E-state index is 12.8. The number of carbonyl (C=O) groups is 1. The number of H-pyrrole nitrogens is 1. The lowest BCUT2D eigenvalue weighted by Gasteiger charge is -2.36. The predicted molar refractivity (Wildman–Crippen MR) is 117 cm³/mol. The number of aromatic nitrogens is 1. The first-order valence-corrected chi connectivity index (χ1v) is 10.8. The van der Waals surface area contributed by atoms with Crippen molar-refractivity contribution in [2.75, 3.05) is 26.2 Å². The average molecular weight is 388 g/mol. The molecule has 29 heavy (non-hydrogen) atoms. The van der Waals surface area contributed by atoms with E-state index in [9.17, 15) is 4.79 Å². The van der Waals surface area contributed by atoms with E-state index >= 15 is 0 Å². The van der Waals surface area contributed by atoms with Crippen molar-refractivity contribution in [2.24, 2.45) is 5.92 Å². The highest BCUT2D eigenvalue weighted by Gasteiger charge is 2.27. The number of carbonyl (C=O) groups excluding carboxylic acids is 1. The third-order valence-corrected chi connectivity index (χ3v) is 6.64. The Labute approximate surface area is 172 Å². The second kappa shape index (κ2) is 7.68. The first-order chi connectivity index (χ1) is 14.2. The molecule has 0 atom stereocenters. The molecule has 150 valence electrons. The van der Waals surface area contributed by atoms with E-state index in [1.807, 2.05) is 36.1 Å². The number of aromatic amines is 1. The van der Waals surface area contributed by atoms with Gasteiger partial charge in [0.25, 0.3) is 5.91 Å². The molecule has 0 aliphatic carbocycles. The lowest BCUT2D eigenvalue weighted by Crippen LogP contribution is -2.42. The van der Waals surface area contributed by atoms with E-state index in [0.717, 1.165) is 63.1 Å². The summed E-state index contributed by atoms with van der Waals surface area (Å²) in [7, 11) is 0. The SMILES string of the molecule is Cc1cccc(C(=O)N2CCC(CN3CCc4c([nH]c5ccccc45)C3)CC2)c1. The van der Waals surface area contributed by atoms with Crippen LogP contribution in [-0.2, 0) is 13.0 Å². The van der Waals surface area contributed by atoms with E-state index in [1.165, 1.54) is 22.2 Å². The van der Waals surface area contributed by atoms with Gasteiger partial charge in [0.2, 0.25) is 0 Å². The topological polar surface area (TPSA) is 39.3 Å². The summed E-state index contributed by atoms with van der Waals surface area (Å²) in [5.41, 5.74) is 6.14. The number of amides is 1. The van der Waals surface area contributed by atoms with E-state index in [0.29, 0.717) is 5.92 Å². The van der Waals surface area contributed by atoms with Crippen molar-refractivity contribution in [3.8, 4) is 0 Å². The zero-order valence-electron chi connectivity index (χ0n) is 17.2. The van der Waals surface area contributed by atoms with Crippen LogP contribution in [0.3, 0.4) is 0 Å². The van der Waals surface area contributed by atoms with Crippen LogP contribution in [0.2, 0.25) is 0 Å². The number of piperidine rings is 1. The molecule has 1 fully saturated rings. The molecular formula is C25H29N3O. The standard InChI is InChI=1S/C25H29N3O/c1-18-5-4-6-20(15-18)25(29)28-13-9-19(10-14-28)16-27-12-11-22-21-7-2-3-8-23(21)26-24(22)17-27/h2-8,15,19,26H,9-14,16-17H2,1H3. The van der Waals surface area contributed by atoms with Crippen molar-refractivity contribution in [3.63, 3.8) is 0 Å². The number of hydrogen-bond donors (Lipinski definition) is 1. The van der Waals surface area contributed by atoms with Crippen LogP contribution >= 0.6 is 0 Å². The normalized spacial score (nSPS) is 18.2. The molecular weight excluding hydrogens is 358 g/mol. The Bertz CT molecular complexity index is 1030. The van der Waals surface area contributed by atoms with Crippen LogP contribution in [0.15, 0.2) is 48.5 Å². The number of para-hydroxylation sites is 1. The largest absolute Gasteiger partial charge is 0.357 e. The molecule has 3 aromatic rings. The summed E-state index contributed by atoms with van der Waals surface area (Å²) in [6.45, 7) is 7.09. The van der Waals surface area contributed by atoms with Crippen molar-refractivity contribution in [1.29, 1.82) is 0 Å². The highest BCUT2D eigenvalue weighted by molar-refractivity contribution is 5.94. The number of nitrogens with zero attached hydrogens (tertiary/aromatic N) is 2. The zero-order valence-corrected chi connectivity index (χ0v) is 17.2. The fourth-order valence-corrected chi connectivity index (χ4v) is 5.05. The van der Waals surface area contributed by atoms with Gasteiger partial charge >= 0.3 is 0 Å². The molecule has 0 spiro atoms. The maximum Gasteiger partial charge on any atom is 0.253 e. The van der Waals surface area contributed by atoms with Gasteiger partial charge in [0.15, 0.2) is 0 Å². The number of benzene rings is 2. The minimum Gasteiger partial charge on any atom is -0.357 e. The molecule has 0 radical (unpaired) electrons. The number of rotatable bonds is 3. The van der Waals surface area contributed by atoms with Gasteiger partial charge in [-0.1, -0.05) is 35.9 Å². The molecule has 5 rings (SSSR count). The zero-order chi connectivity index (χ0) is 19.8. The lowest BCUT2D eigenvalue weighted by atomic mass is 9.94. The Balaban J connectivity index is 1.18. The van der Waals surface area contributed by atoms with Crippen molar-refractivity contribution < 1.29 is 4.79 Å². The van der Waals surface area contributed by atoms with Crippen molar-refractivity contribution in [3.05, 3.63) is 70.9 Å². The van der Waals surface area contributed by atoms with Crippen LogP contribution < -0.4 is 0 Å². The smallest absolute Gasteiger partial charge is 0.253 e. The van der Waals surface area contributed by atoms with Crippen LogP contribution in [0.25, 0.3) is 10.9 Å². The number of fused-ring (bicyclic) bond motifs is 3. The second-order valence-corrected chi connectivity index (χ2v) is 8.72. The quantitative estimate of drug-likeness (QED) is 0.724. The Morgan fingerprint density at radius 2 is 1.90 bits per heavy atom. The van der Waals surface area contributed by atoms with Gasteiger partial charge in [0.1, 0.15) is 0 Å². The first-order valence-electron chi connectivity index (χ1n) is 10.8. The minimum absolute atomic E-state index is 0.188. The van der Waals surface area contributed by atoms with Gasteiger partial charge in [-0.2, -0.15) is 0 Å². The van der Waals surface area contributed by atoms with Crippen LogP contribution in [0.1, 0.15) is 40.0 Å². The summed E-state index contributed by atoms with van der Waals surface area (Å²) in [4.78, 5) is 21.1. The van der Waals surface area contributed by atoms with Crippen LogP contribution in [0.4, 0.5) is 0 Å². The van der Waals surface area contributed by atoms with Gasteiger partial charge in [0, 0.05) is 54.9 Å². The average Bonchev–Trinajstić information content (AvgIpc) is 3.11. The fourth-order valence-electron chi connectivity index (χ4n) is 5.05. The molecule has 1 amide bonds. The Morgan fingerprint density at radius 1 is 1.07 bits per heavy atom. The summed E-state index contributed by atoms with van der Waals surface area (Å²) in [5.74, 6) is 0.871. The van der Waals surface area contributed by atoms with E-state index in [2.05, 4.69) is 34.1 Å². The molecule has 1 saturated heterocycles. The highest BCUT2D eigenvalue weighted by atomic mass is 16.2. The number of hydrogen-bond acceptors (Lipinski definition) is 2. The number of aryl methyl sites for hydroxylation is 1. The van der Waals surface area contributed by atoms with Crippen molar-refractivity contribution >= 4 is 16.8 Å². The molecule has 2 aliphatic rings. The van der Waals surface area contributed by atoms with E-state index in [1.54, 1.807) is 0 Å². The Kier molecular flexibility index (Phi) is 4.88.